The molecular formula is C23H34N2O3. The summed E-state index contributed by atoms with van der Waals surface area (Å²) in [5.74, 6) is 0.635. The molecule has 2 aliphatic heterocycles. The summed E-state index contributed by atoms with van der Waals surface area (Å²) in [5.41, 5.74) is 3.04. The number of fused-ring (bicyclic) bond motifs is 1. The van der Waals surface area contributed by atoms with Crippen LogP contribution in [0.3, 0.4) is 0 Å². The molecule has 3 aliphatic rings. The number of hydrogen-bond donors (Lipinski definition) is 1. The van der Waals surface area contributed by atoms with E-state index in [0.29, 0.717) is 18.5 Å². The van der Waals surface area contributed by atoms with Gasteiger partial charge in [-0.3, -0.25) is 9.69 Å². The van der Waals surface area contributed by atoms with Crippen molar-refractivity contribution in [2.45, 2.75) is 57.1 Å². The zero-order valence-electron chi connectivity index (χ0n) is 16.9. The van der Waals surface area contributed by atoms with E-state index in [4.69, 9.17) is 4.74 Å². The molecule has 0 radical (unpaired) electrons. The zero-order chi connectivity index (χ0) is 19.3. The molecule has 5 heteroatoms. The molecule has 1 aromatic rings. The van der Waals surface area contributed by atoms with Gasteiger partial charge in [0, 0.05) is 32.2 Å². The fourth-order valence-electron chi connectivity index (χ4n) is 5.17. The van der Waals surface area contributed by atoms with Crippen LogP contribution in [-0.2, 0) is 22.4 Å². The van der Waals surface area contributed by atoms with E-state index in [1.807, 2.05) is 4.90 Å². The Morgan fingerprint density at radius 1 is 1.11 bits per heavy atom. The van der Waals surface area contributed by atoms with Crippen LogP contribution in [-0.4, -0.2) is 72.4 Å². The van der Waals surface area contributed by atoms with Crippen LogP contribution in [0.2, 0.25) is 0 Å². The van der Waals surface area contributed by atoms with Gasteiger partial charge in [0.05, 0.1) is 12.7 Å². The molecule has 1 aliphatic carbocycles. The van der Waals surface area contributed by atoms with Crippen LogP contribution in [0.4, 0.5) is 0 Å². The first-order valence-corrected chi connectivity index (χ1v) is 11.0. The third-order valence-corrected chi connectivity index (χ3v) is 6.80. The highest BCUT2D eigenvalue weighted by Gasteiger charge is 2.31. The Morgan fingerprint density at radius 3 is 2.43 bits per heavy atom. The summed E-state index contributed by atoms with van der Waals surface area (Å²) >= 11 is 0. The number of piperidine rings is 1. The molecule has 28 heavy (non-hydrogen) atoms. The van der Waals surface area contributed by atoms with Crippen LogP contribution < -0.4 is 0 Å². The lowest BCUT2D eigenvalue weighted by Crippen LogP contribution is -2.46. The van der Waals surface area contributed by atoms with Gasteiger partial charge in [0.25, 0.3) is 0 Å². The van der Waals surface area contributed by atoms with Crippen molar-refractivity contribution in [3.63, 3.8) is 0 Å². The van der Waals surface area contributed by atoms with Gasteiger partial charge in [0.15, 0.2) is 0 Å². The lowest BCUT2D eigenvalue weighted by atomic mass is 9.94. The Labute approximate surface area is 168 Å². The van der Waals surface area contributed by atoms with E-state index >= 15 is 0 Å². The zero-order valence-corrected chi connectivity index (χ0v) is 16.9. The molecule has 0 bridgehead atoms. The van der Waals surface area contributed by atoms with E-state index < -0.39 is 0 Å². The summed E-state index contributed by atoms with van der Waals surface area (Å²) in [6, 6.07) is 9.51. The van der Waals surface area contributed by atoms with Crippen molar-refractivity contribution in [2.75, 3.05) is 39.4 Å². The minimum Gasteiger partial charge on any atom is -0.396 e. The van der Waals surface area contributed by atoms with Crippen molar-refractivity contribution in [1.29, 1.82) is 0 Å². The molecule has 1 N–H and O–H groups in total. The fourth-order valence-corrected chi connectivity index (χ4v) is 5.17. The van der Waals surface area contributed by atoms with Crippen molar-refractivity contribution in [1.82, 2.24) is 9.80 Å². The predicted octanol–water partition coefficient (Wildman–Crippen LogP) is 2.26. The molecule has 0 aromatic heterocycles. The van der Waals surface area contributed by atoms with Crippen molar-refractivity contribution in [2.24, 2.45) is 5.92 Å². The van der Waals surface area contributed by atoms with E-state index in [0.717, 1.165) is 51.9 Å². The fraction of sp³-hybridized carbons (Fsp3) is 0.696. The number of likely N-dealkylation sites (tertiary alicyclic amines) is 1. The standard InChI is InChI=1S/C23H34N2O3/c26-12-9-23(27)25(17-22-6-3-13-28-22)16-18-7-10-24(11-8-18)21-14-19-4-1-2-5-20(19)15-21/h1-2,4-5,18,21-22,26H,3,6-17H2/t22-/m1/s1. The summed E-state index contributed by atoms with van der Waals surface area (Å²) in [5, 5.41) is 9.20. The number of carbonyl (C=O) groups excluding carboxylic acids is 1. The first-order valence-electron chi connectivity index (χ1n) is 11.0. The van der Waals surface area contributed by atoms with Crippen molar-refractivity contribution in [3.05, 3.63) is 35.4 Å². The third kappa shape index (κ3) is 4.76. The number of aliphatic hydroxyl groups is 1. The van der Waals surface area contributed by atoms with E-state index in [-0.39, 0.29) is 25.0 Å². The Balaban J connectivity index is 1.28. The Morgan fingerprint density at radius 2 is 1.82 bits per heavy atom. The molecule has 154 valence electrons. The number of ether oxygens (including phenoxy) is 1. The summed E-state index contributed by atoms with van der Waals surface area (Å²) in [7, 11) is 0. The van der Waals surface area contributed by atoms with E-state index in [1.54, 1.807) is 0 Å². The first kappa shape index (κ1) is 19.9. The average Bonchev–Trinajstić information content (AvgIpc) is 3.37. The van der Waals surface area contributed by atoms with Crippen molar-refractivity contribution >= 4 is 5.91 Å². The van der Waals surface area contributed by atoms with Crippen molar-refractivity contribution < 1.29 is 14.6 Å². The molecule has 2 heterocycles. The number of hydrogen-bond acceptors (Lipinski definition) is 4. The number of benzene rings is 1. The summed E-state index contributed by atoms with van der Waals surface area (Å²) in [4.78, 5) is 17.1. The number of amides is 1. The monoisotopic (exact) mass is 386 g/mol. The number of rotatable bonds is 7. The van der Waals surface area contributed by atoms with Gasteiger partial charge >= 0.3 is 0 Å². The molecular weight excluding hydrogens is 352 g/mol. The minimum absolute atomic E-state index is 0.0679. The van der Waals surface area contributed by atoms with Crippen LogP contribution in [0.1, 0.15) is 43.2 Å². The molecule has 1 amide bonds. The molecule has 1 aromatic carbocycles. The predicted molar refractivity (Wildman–Crippen MR) is 109 cm³/mol. The lowest BCUT2D eigenvalue weighted by molar-refractivity contribution is -0.134. The molecule has 2 fully saturated rings. The highest BCUT2D eigenvalue weighted by atomic mass is 16.5. The number of carbonyl (C=O) groups is 1. The van der Waals surface area contributed by atoms with Gasteiger partial charge in [-0.25, -0.2) is 0 Å². The number of aliphatic hydroxyl groups excluding tert-OH is 1. The highest BCUT2D eigenvalue weighted by Crippen LogP contribution is 2.29. The van der Waals surface area contributed by atoms with E-state index in [2.05, 4.69) is 29.2 Å². The maximum absolute atomic E-state index is 12.5. The molecule has 5 nitrogen and oxygen atoms in total. The van der Waals surface area contributed by atoms with Crippen LogP contribution in [0, 0.1) is 5.92 Å². The van der Waals surface area contributed by atoms with Crippen LogP contribution in [0.15, 0.2) is 24.3 Å². The normalized spacial score (nSPS) is 23.8. The van der Waals surface area contributed by atoms with Crippen molar-refractivity contribution in [3.8, 4) is 0 Å². The summed E-state index contributed by atoms with van der Waals surface area (Å²) < 4.78 is 5.75. The smallest absolute Gasteiger partial charge is 0.224 e. The summed E-state index contributed by atoms with van der Waals surface area (Å²) in [6.45, 7) is 4.52. The molecule has 0 saturated carbocycles. The quantitative estimate of drug-likeness (QED) is 0.781. The minimum atomic E-state index is -0.0679. The molecule has 0 unspecified atom stereocenters. The Kier molecular flexibility index (Phi) is 6.65. The van der Waals surface area contributed by atoms with Gasteiger partial charge in [-0.1, -0.05) is 24.3 Å². The van der Waals surface area contributed by atoms with Crippen LogP contribution >= 0.6 is 0 Å². The largest absolute Gasteiger partial charge is 0.396 e. The Hall–Kier alpha value is -1.43. The highest BCUT2D eigenvalue weighted by molar-refractivity contribution is 5.76. The van der Waals surface area contributed by atoms with Gasteiger partial charge < -0.3 is 14.7 Å². The second-order valence-corrected chi connectivity index (χ2v) is 8.72. The molecule has 4 rings (SSSR count). The maximum Gasteiger partial charge on any atom is 0.224 e. The van der Waals surface area contributed by atoms with Crippen LogP contribution in [0.5, 0.6) is 0 Å². The van der Waals surface area contributed by atoms with Gasteiger partial charge in [-0.15, -0.1) is 0 Å². The van der Waals surface area contributed by atoms with Gasteiger partial charge in [0.1, 0.15) is 0 Å². The van der Waals surface area contributed by atoms with E-state index in [1.165, 1.54) is 24.0 Å². The van der Waals surface area contributed by atoms with Gasteiger partial charge in [-0.05, 0) is 68.7 Å². The second-order valence-electron chi connectivity index (χ2n) is 8.72. The number of nitrogens with zero attached hydrogens (tertiary/aromatic N) is 2. The SMILES string of the molecule is O=C(CCO)N(CC1CCN(C2Cc3ccccc3C2)CC1)C[C@H]1CCCO1. The maximum atomic E-state index is 12.5. The molecule has 1 atom stereocenters. The topological polar surface area (TPSA) is 53.0 Å². The second kappa shape index (κ2) is 9.38. The average molecular weight is 387 g/mol. The van der Waals surface area contributed by atoms with Gasteiger partial charge in [-0.2, -0.15) is 0 Å². The lowest BCUT2D eigenvalue weighted by Gasteiger charge is -2.38. The summed E-state index contributed by atoms with van der Waals surface area (Å²) in [6.07, 6.45) is 7.22. The van der Waals surface area contributed by atoms with E-state index in [9.17, 15) is 9.90 Å². The Bertz CT molecular complexity index is 626. The third-order valence-electron chi connectivity index (χ3n) is 6.80. The van der Waals surface area contributed by atoms with Crippen LogP contribution in [0.25, 0.3) is 0 Å². The molecule has 2 saturated heterocycles. The van der Waals surface area contributed by atoms with Gasteiger partial charge in [0.2, 0.25) is 5.91 Å². The molecule has 0 spiro atoms. The first-order chi connectivity index (χ1) is 13.7.